The summed E-state index contributed by atoms with van der Waals surface area (Å²) in [5.74, 6) is 1.22. The molecule has 1 N–H and O–H groups in total. The van der Waals surface area contributed by atoms with Crippen molar-refractivity contribution in [2.75, 3.05) is 12.4 Å². The van der Waals surface area contributed by atoms with Crippen molar-refractivity contribution >= 4 is 17.7 Å². The summed E-state index contributed by atoms with van der Waals surface area (Å²) in [6.07, 6.45) is 3.41. The standard InChI is InChI=1S/C15H29NO2S/c1-6-12(5)19-10-15(13-8-9-13,16-11(3)4)14(17)18-7-2/h11-13,16H,6-10H2,1-5H3. The van der Waals surface area contributed by atoms with Crippen LogP contribution in [0.15, 0.2) is 0 Å². The largest absolute Gasteiger partial charge is 0.465 e. The zero-order chi connectivity index (χ0) is 14.5. The van der Waals surface area contributed by atoms with E-state index < -0.39 is 5.54 Å². The molecule has 0 heterocycles. The molecule has 0 aliphatic heterocycles. The van der Waals surface area contributed by atoms with E-state index in [-0.39, 0.29) is 5.97 Å². The van der Waals surface area contributed by atoms with Crippen molar-refractivity contribution < 1.29 is 9.53 Å². The lowest BCUT2D eigenvalue weighted by Gasteiger charge is -2.35. The van der Waals surface area contributed by atoms with Gasteiger partial charge >= 0.3 is 5.97 Å². The fourth-order valence-corrected chi connectivity index (χ4v) is 3.52. The van der Waals surface area contributed by atoms with E-state index in [4.69, 9.17) is 4.74 Å². The highest BCUT2D eigenvalue weighted by molar-refractivity contribution is 8.00. The van der Waals surface area contributed by atoms with Gasteiger partial charge in [-0.05, 0) is 46.0 Å². The summed E-state index contributed by atoms with van der Waals surface area (Å²) in [4.78, 5) is 12.5. The molecule has 0 aromatic rings. The van der Waals surface area contributed by atoms with Crippen LogP contribution in [0.25, 0.3) is 0 Å². The maximum atomic E-state index is 12.5. The van der Waals surface area contributed by atoms with Gasteiger partial charge in [0.1, 0.15) is 5.54 Å². The first kappa shape index (κ1) is 16.8. The van der Waals surface area contributed by atoms with Gasteiger partial charge in [0.25, 0.3) is 0 Å². The average molecular weight is 287 g/mol. The molecule has 1 saturated carbocycles. The lowest BCUT2D eigenvalue weighted by atomic mass is 9.94. The Labute approximate surface area is 122 Å². The molecule has 0 saturated heterocycles. The molecule has 112 valence electrons. The van der Waals surface area contributed by atoms with Gasteiger partial charge in [0.2, 0.25) is 0 Å². The maximum absolute atomic E-state index is 12.5. The number of hydrogen-bond donors (Lipinski definition) is 1. The van der Waals surface area contributed by atoms with Crippen LogP contribution >= 0.6 is 11.8 Å². The summed E-state index contributed by atoms with van der Waals surface area (Å²) in [6, 6.07) is 0.294. The molecule has 1 aliphatic rings. The van der Waals surface area contributed by atoms with Crippen molar-refractivity contribution in [3.05, 3.63) is 0 Å². The monoisotopic (exact) mass is 287 g/mol. The second-order valence-electron chi connectivity index (χ2n) is 5.80. The van der Waals surface area contributed by atoms with E-state index >= 15 is 0 Å². The zero-order valence-electron chi connectivity index (χ0n) is 13.0. The van der Waals surface area contributed by atoms with Gasteiger partial charge < -0.3 is 4.74 Å². The molecule has 0 aromatic heterocycles. The van der Waals surface area contributed by atoms with Crippen molar-refractivity contribution in [2.24, 2.45) is 5.92 Å². The van der Waals surface area contributed by atoms with Crippen molar-refractivity contribution in [2.45, 2.75) is 70.7 Å². The van der Waals surface area contributed by atoms with Crippen molar-refractivity contribution in [3.63, 3.8) is 0 Å². The minimum Gasteiger partial charge on any atom is -0.465 e. The van der Waals surface area contributed by atoms with Gasteiger partial charge in [-0.25, -0.2) is 0 Å². The van der Waals surface area contributed by atoms with Crippen LogP contribution in [-0.4, -0.2) is 35.2 Å². The van der Waals surface area contributed by atoms with Crippen LogP contribution in [-0.2, 0) is 9.53 Å². The maximum Gasteiger partial charge on any atom is 0.327 e. The molecule has 19 heavy (non-hydrogen) atoms. The summed E-state index contributed by atoms with van der Waals surface area (Å²) in [7, 11) is 0. The van der Waals surface area contributed by atoms with E-state index in [0.717, 1.165) is 25.0 Å². The number of carbonyl (C=O) groups is 1. The second-order valence-corrected chi connectivity index (χ2v) is 7.22. The average Bonchev–Trinajstić information content (AvgIpc) is 3.18. The van der Waals surface area contributed by atoms with Gasteiger partial charge in [-0.1, -0.05) is 13.8 Å². The van der Waals surface area contributed by atoms with E-state index in [1.54, 1.807) is 0 Å². The van der Waals surface area contributed by atoms with Crippen LogP contribution in [0.4, 0.5) is 0 Å². The number of carbonyl (C=O) groups excluding carboxylic acids is 1. The first-order valence-corrected chi connectivity index (χ1v) is 8.57. The Bertz CT molecular complexity index is 292. The number of ether oxygens (including phenoxy) is 1. The molecule has 1 rings (SSSR count). The fraction of sp³-hybridized carbons (Fsp3) is 0.933. The van der Waals surface area contributed by atoms with Gasteiger partial charge in [-0.15, -0.1) is 0 Å². The molecule has 1 fully saturated rings. The zero-order valence-corrected chi connectivity index (χ0v) is 13.8. The first-order chi connectivity index (χ1) is 8.96. The number of nitrogens with one attached hydrogen (secondary N) is 1. The molecule has 3 nitrogen and oxygen atoms in total. The van der Waals surface area contributed by atoms with Crippen LogP contribution < -0.4 is 5.32 Å². The quantitative estimate of drug-likeness (QED) is 0.661. The van der Waals surface area contributed by atoms with Gasteiger partial charge in [-0.2, -0.15) is 11.8 Å². The Morgan fingerprint density at radius 2 is 2.00 bits per heavy atom. The molecule has 0 aromatic carbocycles. The molecular formula is C15H29NO2S. The molecule has 0 amide bonds. The fourth-order valence-electron chi connectivity index (χ4n) is 2.30. The van der Waals surface area contributed by atoms with Crippen LogP contribution in [0.3, 0.4) is 0 Å². The summed E-state index contributed by atoms with van der Waals surface area (Å²) in [5.41, 5.74) is -0.474. The number of esters is 1. The van der Waals surface area contributed by atoms with E-state index in [1.165, 1.54) is 0 Å². The SMILES string of the molecule is CCOC(=O)C(CSC(C)CC)(NC(C)C)C1CC1. The normalized spacial score (nSPS) is 20.1. The Hall–Kier alpha value is -0.220. The molecule has 0 spiro atoms. The topological polar surface area (TPSA) is 38.3 Å². The summed E-state index contributed by atoms with van der Waals surface area (Å²) in [6.45, 7) is 11.0. The van der Waals surface area contributed by atoms with Crippen molar-refractivity contribution in [1.82, 2.24) is 5.32 Å². The predicted octanol–water partition coefficient (Wildman–Crippen LogP) is 3.23. The van der Waals surface area contributed by atoms with E-state index in [9.17, 15) is 4.79 Å². The van der Waals surface area contributed by atoms with E-state index in [0.29, 0.717) is 23.8 Å². The highest BCUT2D eigenvalue weighted by atomic mass is 32.2. The minimum atomic E-state index is -0.474. The molecule has 2 unspecified atom stereocenters. The highest BCUT2D eigenvalue weighted by Gasteiger charge is 2.52. The third kappa shape index (κ3) is 4.67. The third-order valence-corrected chi connectivity index (χ3v) is 5.16. The Morgan fingerprint density at radius 1 is 1.37 bits per heavy atom. The molecule has 0 bridgehead atoms. The van der Waals surface area contributed by atoms with Crippen molar-refractivity contribution in [3.8, 4) is 0 Å². The Kier molecular flexibility index (Phi) is 6.67. The lowest BCUT2D eigenvalue weighted by molar-refractivity contribution is -0.151. The highest BCUT2D eigenvalue weighted by Crippen LogP contribution is 2.43. The second kappa shape index (κ2) is 7.53. The van der Waals surface area contributed by atoms with Gasteiger partial charge in [-0.3, -0.25) is 10.1 Å². The Balaban J connectivity index is 2.81. The van der Waals surface area contributed by atoms with E-state index in [1.807, 2.05) is 18.7 Å². The van der Waals surface area contributed by atoms with Crippen LogP contribution in [0.5, 0.6) is 0 Å². The molecule has 2 atom stereocenters. The van der Waals surface area contributed by atoms with Gasteiger partial charge in [0.05, 0.1) is 6.61 Å². The molecule has 4 heteroatoms. The predicted molar refractivity (Wildman–Crippen MR) is 82.6 cm³/mol. The van der Waals surface area contributed by atoms with E-state index in [2.05, 4.69) is 33.0 Å². The molecule has 1 aliphatic carbocycles. The summed E-state index contributed by atoms with van der Waals surface area (Å²) < 4.78 is 5.36. The van der Waals surface area contributed by atoms with Gasteiger partial charge in [0, 0.05) is 17.0 Å². The smallest absolute Gasteiger partial charge is 0.327 e. The van der Waals surface area contributed by atoms with Crippen LogP contribution in [0, 0.1) is 5.92 Å². The van der Waals surface area contributed by atoms with Crippen molar-refractivity contribution in [1.29, 1.82) is 0 Å². The minimum absolute atomic E-state index is 0.0537. The van der Waals surface area contributed by atoms with Gasteiger partial charge in [0.15, 0.2) is 0 Å². The van der Waals surface area contributed by atoms with Crippen LogP contribution in [0.1, 0.15) is 53.9 Å². The number of rotatable bonds is 9. The Morgan fingerprint density at radius 3 is 2.42 bits per heavy atom. The summed E-state index contributed by atoms with van der Waals surface area (Å²) in [5, 5.41) is 4.11. The number of hydrogen-bond acceptors (Lipinski definition) is 4. The summed E-state index contributed by atoms with van der Waals surface area (Å²) >= 11 is 1.88. The lowest BCUT2D eigenvalue weighted by Crippen LogP contribution is -2.59. The molecule has 0 radical (unpaired) electrons. The first-order valence-electron chi connectivity index (χ1n) is 7.52. The third-order valence-electron chi connectivity index (χ3n) is 3.63. The van der Waals surface area contributed by atoms with Crippen LogP contribution in [0.2, 0.25) is 0 Å². The number of thioether (sulfide) groups is 1. The molecular weight excluding hydrogens is 258 g/mol.